The first kappa shape index (κ1) is 17.5. The molecule has 2 aromatic heterocycles. The van der Waals surface area contributed by atoms with Gasteiger partial charge in [-0.05, 0) is 39.8 Å². The Bertz CT molecular complexity index is 715. The molecule has 7 nitrogen and oxygen atoms in total. The Hall–Kier alpha value is -2.83. The number of Topliss-reactive ketones (excluding diaryl/α,β-unsaturated/α-hetero) is 1. The molecule has 0 saturated carbocycles. The first-order valence-corrected chi connectivity index (χ1v) is 7.28. The van der Waals surface area contributed by atoms with Crippen molar-refractivity contribution in [3.63, 3.8) is 0 Å². The molecule has 128 valence electrons. The third-order valence-corrected chi connectivity index (χ3v) is 3.25. The van der Waals surface area contributed by atoms with E-state index >= 15 is 0 Å². The Morgan fingerprint density at radius 3 is 1.46 bits per heavy atom. The molecule has 2 heterocycles. The highest BCUT2D eigenvalue weighted by Crippen LogP contribution is 2.15. The zero-order chi connectivity index (χ0) is 17.9. The summed E-state index contributed by atoms with van der Waals surface area (Å²) < 4.78 is 20.2. The van der Waals surface area contributed by atoms with Gasteiger partial charge in [-0.3, -0.25) is 4.79 Å². The highest BCUT2D eigenvalue weighted by molar-refractivity contribution is 5.94. The van der Waals surface area contributed by atoms with Crippen LogP contribution in [0.25, 0.3) is 0 Å². The van der Waals surface area contributed by atoms with E-state index in [9.17, 15) is 14.4 Å². The van der Waals surface area contributed by atoms with Crippen molar-refractivity contribution in [1.29, 1.82) is 0 Å². The quantitative estimate of drug-likeness (QED) is 0.749. The summed E-state index contributed by atoms with van der Waals surface area (Å²) in [6.45, 7) is 5.69. The lowest BCUT2D eigenvalue weighted by Gasteiger charge is -2.05. The molecule has 0 spiro atoms. The summed E-state index contributed by atoms with van der Waals surface area (Å²) in [5.41, 5.74) is 0.531. The minimum absolute atomic E-state index is 0.266. The SMILES string of the molecule is Cc1cc(C(=O)OCC(=O)COC(=O)c2cc(C)oc2C)c(C)o1. The molecule has 0 aliphatic carbocycles. The lowest BCUT2D eigenvalue weighted by atomic mass is 10.2. The van der Waals surface area contributed by atoms with Crippen LogP contribution in [0.1, 0.15) is 43.8 Å². The van der Waals surface area contributed by atoms with Crippen molar-refractivity contribution in [3.8, 4) is 0 Å². The average molecular weight is 334 g/mol. The van der Waals surface area contributed by atoms with E-state index in [1.807, 2.05) is 0 Å². The minimum atomic E-state index is -0.662. The molecule has 0 N–H and O–H groups in total. The van der Waals surface area contributed by atoms with E-state index in [2.05, 4.69) is 0 Å². The van der Waals surface area contributed by atoms with E-state index in [0.29, 0.717) is 23.0 Å². The van der Waals surface area contributed by atoms with Crippen molar-refractivity contribution in [2.45, 2.75) is 27.7 Å². The van der Waals surface area contributed by atoms with Gasteiger partial charge >= 0.3 is 11.9 Å². The zero-order valence-corrected chi connectivity index (χ0v) is 13.9. The van der Waals surface area contributed by atoms with Gasteiger partial charge in [0.2, 0.25) is 5.78 Å². The Morgan fingerprint density at radius 2 is 1.17 bits per heavy atom. The van der Waals surface area contributed by atoms with E-state index in [-0.39, 0.29) is 11.1 Å². The van der Waals surface area contributed by atoms with Gasteiger partial charge in [-0.15, -0.1) is 0 Å². The van der Waals surface area contributed by atoms with Crippen molar-refractivity contribution in [2.24, 2.45) is 0 Å². The molecule has 24 heavy (non-hydrogen) atoms. The number of furan rings is 2. The van der Waals surface area contributed by atoms with E-state index in [0.717, 1.165) is 0 Å². The molecule has 0 aromatic carbocycles. The van der Waals surface area contributed by atoms with Gasteiger partial charge in [0, 0.05) is 0 Å². The van der Waals surface area contributed by atoms with Gasteiger partial charge in [-0.25, -0.2) is 9.59 Å². The topological polar surface area (TPSA) is 96.0 Å². The van der Waals surface area contributed by atoms with E-state index in [1.165, 1.54) is 12.1 Å². The smallest absolute Gasteiger partial charge is 0.342 e. The molecule has 0 atom stereocenters. The van der Waals surface area contributed by atoms with Gasteiger partial charge in [0.25, 0.3) is 0 Å². The molecule has 2 aromatic rings. The molecule has 0 saturated heterocycles. The molecular weight excluding hydrogens is 316 g/mol. The van der Waals surface area contributed by atoms with Crippen LogP contribution in [-0.2, 0) is 14.3 Å². The standard InChI is InChI=1S/C17H18O7/c1-9-5-14(11(3)23-9)16(19)21-7-13(18)8-22-17(20)15-6-10(2)24-12(15)4/h5-6H,7-8H2,1-4H3. The third kappa shape index (κ3) is 4.13. The predicted octanol–water partition coefficient (Wildman–Crippen LogP) is 2.69. The largest absolute Gasteiger partial charge is 0.466 e. The second kappa shape index (κ2) is 7.16. The van der Waals surface area contributed by atoms with Crippen LogP contribution in [0.5, 0.6) is 0 Å². The summed E-state index contributed by atoms with van der Waals surface area (Å²) in [4.78, 5) is 35.4. The number of esters is 2. The highest BCUT2D eigenvalue weighted by atomic mass is 16.6. The predicted molar refractivity (Wildman–Crippen MR) is 81.9 cm³/mol. The Balaban J connectivity index is 1.81. The summed E-state index contributed by atoms with van der Waals surface area (Å²) in [6.07, 6.45) is 0. The number of ketones is 1. The number of carbonyl (C=O) groups excluding carboxylic acids is 3. The van der Waals surface area contributed by atoms with Crippen LogP contribution in [0.4, 0.5) is 0 Å². The summed E-state index contributed by atoms with van der Waals surface area (Å²) in [7, 11) is 0. The average Bonchev–Trinajstić information content (AvgIpc) is 3.03. The number of rotatable bonds is 6. The summed E-state index contributed by atoms with van der Waals surface area (Å²) >= 11 is 0. The van der Waals surface area contributed by atoms with Crippen molar-refractivity contribution in [1.82, 2.24) is 0 Å². The highest BCUT2D eigenvalue weighted by Gasteiger charge is 2.19. The number of aryl methyl sites for hydroxylation is 4. The fourth-order valence-electron chi connectivity index (χ4n) is 2.16. The lowest BCUT2D eigenvalue weighted by molar-refractivity contribution is -0.125. The third-order valence-electron chi connectivity index (χ3n) is 3.25. The van der Waals surface area contributed by atoms with Crippen LogP contribution in [0.3, 0.4) is 0 Å². The van der Waals surface area contributed by atoms with Crippen molar-refractivity contribution >= 4 is 17.7 Å². The Morgan fingerprint density at radius 1 is 0.792 bits per heavy atom. The van der Waals surface area contributed by atoms with Crippen LogP contribution < -0.4 is 0 Å². The molecule has 7 heteroatoms. The van der Waals surface area contributed by atoms with Crippen molar-refractivity contribution in [3.05, 3.63) is 46.3 Å². The molecule has 0 aliphatic rings. The van der Waals surface area contributed by atoms with Crippen molar-refractivity contribution < 1.29 is 32.7 Å². The number of hydrogen-bond donors (Lipinski definition) is 0. The van der Waals surface area contributed by atoms with Gasteiger partial charge in [0.05, 0.1) is 0 Å². The lowest BCUT2D eigenvalue weighted by Crippen LogP contribution is -2.20. The van der Waals surface area contributed by atoms with Gasteiger partial charge < -0.3 is 18.3 Å². The fraction of sp³-hybridized carbons (Fsp3) is 0.353. The van der Waals surface area contributed by atoms with Crippen molar-refractivity contribution in [2.75, 3.05) is 13.2 Å². The van der Waals surface area contributed by atoms with Gasteiger partial charge in [-0.1, -0.05) is 0 Å². The van der Waals surface area contributed by atoms with Gasteiger partial charge in [0.15, 0.2) is 13.2 Å². The molecular formula is C17H18O7. The van der Waals surface area contributed by atoms with Gasteiger partial charge in [-0.2, -0.15) is 0 Å². The van der Waals surface area contributed by atoms with Crippen LogP contribution in [0.15, 0.2) is 21.0 Å². The molecule has 2 rings (SSSR count). The molecule has 0 amide bonds. The zero-order valence-electron chi connectivity index (χ0n) is 13.9. The monoisotopic (exact) mass is 334 g/mol. The summed E-state index contributed by atoms with van der Waals surface area (Å²) in [5.74, 6) is 0.128. The van der Waals surface area contributed by atoms with Crippen LogP contribution in [0, 0.1) is 27.7 Å². The summed E-state index contributed by atoms with van der Waals surface area (Å²) in [6, 6.07) is 3.07. The van der Waals surface area contributed by atoms with Crippen LogP contribution in [0.2, 0.25) is 0 Å². The van der Waals surface area contributed by atoms with Gasteiger partial charge in [0.1, 0.15) is 34.2 Å². The van der Waals surface area contributed by atoms with E-state index < -0.39 is 30.9 Å². The second-order valence-corrected chi connectivity index (χ2v) is 5.34. The normalized spacial score (nSPS) is 10.5. The Labute approximate surface area is 138 Å². The number of carbonyl (C=O) groups is 3. The molecule has 0 unspecified atom stereocenters. The molecule has 0 bridgehead atoms. The van der Waals surface area contributed by atoms with Crippen LogP contribution >= 0.6 is 0 Å². The first-order chi connectivity index (χ1) is 11.3. The molecule has 0 fully saturated rings. The van der Waals surface area contributed by atoms with E-state index in [4.69, 9.17) is 18.3 Å². The second-order valence-electron chi connectivity index (χ2n) is 5.34. The van der Waals surface area contributed by atoms with Crippen LogP contribution in [-0.4, -0.2) is 30.9 Å². The molecule has 0 radical (unpaired) electrons. The minimum Gasteiger partial charge on any atom is -0.466 e. The maximum atomic E-state index is 11.8. The summed E-state index contributed by atoms with van der Waals surface area (Å²) in [5, 5.41) is 0. The fourth-order valence-corrected chi connectivity index (χ4v) is 2.16. The number of hydrogen-bond acceptors (Lipinski definition) is 7. The maximum absolute atomic E-state index is 11.8. The maximum Gasteiger partial charge on any atom is 0.342 e. The Kier molecular flexibility index (Phi) is 5.23. The number of ether oxygens (including phenoxy) is 2. The molecule has 0 aliphatic heterocycles. The first-order valence-electron chi connectivity index (χ1n) is 7.28. The van der Waals surface area contributed by atoms with E-state index in [1.54, 1.807) is 27.7 Å².